The molecule has 0 aliphatic carbocycles. The average Bonchev–Trinajstić information content (AvgIpc) is 2.47. The highest BCUT2D eigenvalue weighted by Gasteiger charge is 2.19. The largest absolute Gasteiger partial charge is 0.384 e. The SMILES string of the molecule is N#CCNC(=O)CN1CCN(c2ccc(N)nc2)CC1. The zero-order valence-corrected chi connectivity index (χ0v) is 11.2. The molecule has 1 aromatic rings. The first kappa shape index (κ1) is 14.1. The number of nitrogen functional groups attached to an aromatic ring is 1. The standard InChI is InChI=1S/C13H18N6O/c14-3-4-16-13(20)10-18-5-7-19(8-6-18)11-1-2-12(15)17-9-11/h1-2,9H,4-8,10H2,(H2,15,17)(H,16,20). The molecule has 20 heavy (non-hydrogen) atoms. The second kappa shape index (κ2) is 6.73. The Bertz CT molecular complexity index is 487. The molecule has 0 aromatic carbocycles. The van der Waals surface area contributed by atoms with Gasteiger partial charge in [0.1, 0.15) is 12.4 Å². The van der Waals surface area contributed by atoms with E-state index in [2.05, 4.69) is 20.1 Å². The zero-order chi connectivity index (χ0) is 14.4. The van der Waals surface area contributed by atoms with Gasteiger partial charge in [-0.25, -0.2) is 4.98 Å². The summed E-state index contributed by atoms with van der Waals surface area (Å²) in [7, 11) is 0. The summed E-state index contributed by atoms with van der Waals surface area (Å²) in [4.78, 5) is 19.9. The number of pyridine rings is 1. The number of nitrogens with two attached hydrogens (primary N) is 1. The molecule has 0 saturated carbocycles. The lowest BCUT2D eigenvalue weighted by Crippen LogP contribution is -2.49. The predicted molar refractivity (Wildman–Crippen MR) is 75.9 cm³/mol. The van der Waals surface area contributed by atoms with Crippen molar-refractivity contribution < 1.29 is 4.79 Å². The smallest absolute Gasteiger partial charge is 0.235 e. The van der Waals surface area contributed by atoms with Crippen molar-refractivity contribution in [3.8, 4) is 6.07 Å². The fourth-order valence-electron chi connectivity index (χ4n) is 2.15. The monoisotopic (exact) mass is 274 g/mol. The van der Waals surface area contributed by atoms with Crippen molar-refractivity contribution >= 4 is 17.4 Å². The fourth-order valence-corrected chi connectivity index (χ4v) is 2.15. The molecular formula is C13H18N6O. The van der Waals surface area contributed by atoms with Crippen LogP contribution in [0.2, 0.25) is 0 Å². The predicted octanol–water partition coefficient (Wildman–Crippen LogP) is -0.574. The third-order valence-electron chi connectivity index (χ3n) is 3.24. The topological polar surface area (TPSA) is 98.3 Å². The van der Waals surface area contributed by atoms with E-state index in [1.807, 2.05) is 12.1 Å². The Hall–Kier alpha value is -2.33. The Morgan fingerprint density at radius 2 is 2.15 bits per heavy atom. The van der Waals surface area contributed by atoms with Crippen LogP contribution < -0.4 is 16.0 Å². The maximum Gasteiger partial charge on any atom is 0.235 e. The van der Waals surface area contributed by atoms with E-state index < -0.39 is 0 Å². The van der Waals surface area contributed by atoms with Crippen LogP contribution in [0, 0.1) is 11.3 Å². The summed E-state index contributed by atoms with van der Waals surface area (Å²) in [5.41, 5.74) is 6.62. The van der Waals surface area contributed by atoms with Crippen LogP contribution in [-0.2, 0) is 4.79 Å². The van der Waals surface area contributed by atoms with E-state index in [0.717, 1.165) is 31.9 Å². The first-order valence-electron chi connectivity index (χ1n) is 6.51. The number of anilines is 2. The molecule has 0 radical (unpaired) electrons. The van der Waals surface area contributed by atoms with E-state index in [0.29, 0.717) is 12.4 Å². The third-order valence-corrected chi connectivity index (χ3v) is 3.24. The highest BCUT2D eigenvalue weighted by atomic mass is 16.2. The molecule has 1 aliphatic heterocycles. The van der Waals surface area contributed by atoms with Gasteiger partial charge in [0.05, 0.1) is 24.5 Å². The maximum absolute atomic E-state index is 11.5. The van der Waals surface area contributed by atoms with Crippen molar-refractivity contribution in [2.24, 2.45) is 0 Å². The van der Waals surface area contributed by atoms with Crippen LogP contribution in [0.5, 0.6) is 0 Å². The van der Waals surface area contributed by atoms with Gasteiger partial charge in [-0.3, -0.25) is 9.69 Å². The lowest BCUT2D eigenvalue weighted by Gasteiger charge is -2.35. The number of hydrogen-bond acceptors (Lipinski definition) is 6. The quantitative estimate of drug-likeness (QED) is 0.713. The van der Waals surface area contributed by atoms with Gasteiger partial charge in [-0.2, -0.15) is 5.26 Å². The van der Waals surface area contributed by atoms with E-state index in [4.69, 9.17) is 11.0 Å². The molecule has 0 atom stereocenters. The minimum atomic E-state index is -0.103. The number of carbonyl (C=O) groups is 1. The summed E-state index contributed by atoms with van der Waals surface area (Å²) >= 11 is 0. The Balaban J connectivity index is 1.79. The minimum absolute atomic E-state index is 0.0654. The van der Waals surface area contributed by atoms with Gasteiger partial charge in [0.2, 0.25) is 5.91 Å². The molecule has 1 fully saturated rings. The number of piperazine rings is 1. The van der Waals surface area contributed by atoms with Crippen molar-refractivity contribution in [2.45, 2.75) is 0 Å². The van der Waals surface area contributed by atoms with Gasteiger partial charge in [0.25, 0.3) is 0 Å². The first-order valence-corrected chi connectivity index (χ1v) is 6.51. The van der Waals surface area contributed by atoms with Crippen molar-refractivity contribution in [3.05, 3.63) is 18.3 Å². The summed E-state index contributed by atoms with van der Waals surface area (Å²) in [5, 5.41) is 11.0. The molecule has 7 heteroatoms. The number of aromatic nitrogens is 1. The molecule has 0 spiro atoms. The van der Waals surface area contributed by atoms with Gasteiger partial charge in [-0.1, -0.05) is 0 Å². The lowest BCUT2D eigenvalue weighted by molar-refractivity contribution is -0.122. The highest BCUT2D eigenvalue weighted by Crippen LogP contribution is 2.15. The highest BCUT2D eigenvalue weighted by molar-refractivity contribution is 5.78. The van der Waals surface area contributed by atoms with Crippen molar-refractivity contribution in [1.82, 2.24) is 15.2 Å². The Morgan fingerprint density at radius 3 is 2.75 bits per heavy atom. The van der Waals surface area contributed by atoms with Gasteiger partial charge >= 0.3 is 0 Å². The summed E-state index contributed by atoms with van der Waals surface area (Å²) in [6, 6.07) is 5.64. The molecular weight excluding hydrogens is 256 g/mol. The van der Waals surface area contributed by atoms with Crippen LogP contribution in [0.3, 0.4) is 0 Å². The van der Waals surface area contributed by atoms with Gasteiger partial charge in [-0.05, 0) is 12.1 Å². The number of nitriles is 1. The molecule has 2 rings (SSSR count). The van der Waals surface area contributed by atoms with Crippen molar-refractivity contribution in [1.29, 1.82) is 5.26 Å². The first-order chi connectivity index (χ1) is 9.69. The van der Waals surface area contributed by atoms with Crippen LogP contribution in [0.25, 0.3) is 0 Å². The van der Waals surface area contributed by atoms with E-state index in [9.17, 15) is 4.79 Å². The number of nitrogens with zero attached hydrogens (tertiary/aromatic N) is 4. The van der Waals surface area contributed by atoms with Gasteiger partial charge in [0, 0.05) is 26.2 Å². The Morgan fingerprint density at radius 1 is 1.40 bits per heavy atom. The van der Waals surface area contributed by atoms with Gasteiger partial charge < -0.3 is 16.0 Å². The van der Waals surface area contributed by atoms with E-state index in [-0.39, 0.29) is 12.5 Å². The number of hydrogen-bond donors (Lipinski definition) is 2. The van der Waals surface area contributed by atoms with Crippen molar-refractivity contribution in [3.63, 3.8) is 0 Å². The molecule has 0 unspecified atom stereocenters. The molecule has 1 aliphatic rings. The third kappa shape index (κ3) is 3.83. The van der Waals surface area contributed by atoms with Crippen LogP contribution in [0.4, 0.5) is 11.5 Å². The number of rotatable bonds is 4. The molecule has 2 heterocycles. The van der Waals surface area contributed by atoms with Crippen LogP contribution in [0.15, 0.2) is 18.3 Å². The maximum atomic E-state index is 11.5. The van der Waals surface area contributed by atoms with Crippen LogP contribution in [0.1, 0.15) is 0 Å². The lowest BCUT2D eigenvalue weighted by atomic mass is 10.2. The van der Waals surface area contributed by atoms with Crippen molar-refractivity contribution in [2.75, 3.05) is 49.9 Å². The molecule has 1 aromatic heterocycles. The van der Waals surface area contributed by atoms with Gasteiger partial charge in [0.15, 0.2) is 0 Å². The summed E-state index contributed by atoms with van der Waals surface area (Å²) < 4.78 is 0. The van der Waals surface area contributed by atoms with E-state index in [1.54, 1.807) is 12.3 Å². The summed E-state index contributed by atoms with van der Waals surface area (Å²) in [6.45, 7) is 3.72. The Kier molecular flexibility index (Phi) is 4.74. The molecule has 1 saturated heterocycles. The Labute approximate surface area is 118 Å². The summed E-state index contributed by atoms with van der Waals surface area (Å²) in [6.07, 6.45) is 1.77. The average molecular weight is 274 g/mol. The van der Waals surface area contributed by atoms with Crippen LogP contribution >= 0.6 is 0 Å². The molecule has 0 bridgehead atoms. The van der Waals surface area contributed by atoms with Crippen LogP contribution in [-0.4, -0.2) is 55.1 Å². The number of nitrogens with one attached hydrogen (secondary N) is 1. The minimum Gasteiger partial charge on any atom is -0.384 e. The molecule has 1 amide bonds. The zero-order valence-electron chi connectivity index (χ0n) is 11.2. The fraction of sp³-hybridized carbons (Fsp3) is 0.462. The second-order valence-electron chi connectivity index (χ2n) is 4.64. The van der Waals surface area contributed by atoms with E-state index in [1.165, 1.54) is 0 Å². The normalized spacial score (nSPS) is 15.7. The van der Waals surface area contributed by atoms with Gasteiger partial charge in [-0.15, -0.1) is 0 Å². The molecule has 106 valence electrons. The van der Waals surface area contributed by atoms with E-state index >= 15 is 0 Å². The number of carbonyl (C=O) groups excluding carboxylic acids is 1. The molecule has 3 N–H and O–H groups in total. The summed E-state index contributed by atoms with van der Waals surface area (Å²) in [5.74, 6) is 0.413. The molecule has 7 nitrogen and oxygen atoms in total. The number of amides is 1. The second-order valence-corrected chi connectivity index (χ2v) is 4.64.